The predicted molar refractivity (Wildman–Crippen MR) is 164 cm³/mol. The van der Waals surface area contributed by atoms with Crippen molar-refractivity contribution in [2.75, 3.05) is 26.4 Å². The van der Waals surface area contributed by atoms with Crippen LogP contribution in [0.5, 0.6) is 0 Å². The summed E-state index contributed by atoms with van der Waals surface area (Å²) in [5.74, 6) is -0.400. The van der Waals surface area contributed by atoms with E-state index < -0.39 is 26.5 Å². The summed E-state index contributed by atoms with van der Waals surface area (Å²) in [6.45, 7) is 1.31. The van der Waals surface area contributed by atoms with Crippen molar-refractivity contribution in [2.45, 2.75) is 103 Å². The molecule has 9 heteroatoms. The second-order valence-electron chi connectivity index (χ2n) is 9.44. The highest BCUT2D eigenvalue weighted by molar-refractivity contribution is 7.47. The third-order valence-corrected chi connectivity index (χ3v) is 6.63. The molecular weight excluding hydrogens is 529 g/mol. The van der Waals surface area contributed by atoms with Gasteiger partial charge in [-0.1, -0.05) is 99.8 Å². The number of carbonyl (C=O) groups is 1. The van der Waals surface area contributed by atoms with Crippen LogP contribution in [0, 0.1) is 0 Å². The number of esters is 1. The number of nitrogens with two attached hydrogens (primary N) is 1. The lowest BCUT2D eigenvalue weighted by Gasteiger charge is -2.15. The maximum atomic E-state index is 11.8. The van der Waals surface area contributed by atoms with Crippen LogP contribution in [0.3, 0.4) is 0 Å². The van der Waals surface area contributed by atoms with Gasteiger partial charge in [0.25, 0.3) is 0 Å². The molecule has 0 heterocycles. The molecule has 4 N–H and O–H groups in total. The van der Waals surface area contributed by atoms with Crippen LogP contribution in [0.2, 0.25) is 0 Å². The average molecular weight is 584 g/mol. The van der Waals surface area contributed by atoms with Crippen molar-refractivity contribution in [1.29, 1.82) is 0 Å². The zero-order valence-electron chi connectivity index (χ0n) is 24.5. The van der Waals surface area contributed by atoms with Crippen LogP contribution in [0.25, 0.3) is 0 Å². The summed E-state index contributed by atoms with van der Waals surface area (Å²) < 4.78 is 25.6. The summed E-state index contributed by atoms with van der Waals surface area (Å²) in [4.78, 5) is 21.1. The lowest BCUT2D eigenvalue weighted by molar-refractivity contribution is -0.147. The van der Waals surface area contributed by atoms with Gasteiger partial charge in [0.2, 0.25) is 0 Å². The van der Waals surface area contributed by atoms with Gasteiger partial charge in [0.1, 0.15) is 12.7 Å². The van der Waals surface area contributed by atoms with Gasteiger partial charge in [-0.25, -0.2) is 4.57 Å². The number of phosphoric ester groups is 1. The molecule has 0 spiro atoms. The van der Waals surface area contributed by atoms with E-state index in [0.717, 1.165) is 64.2 Å². The van der Waals surface area contributed by atoms with Crippen molar-refractivity contribution in [3.63, 3.8) is 0 Å². The van der Waals surface area contributed by atoms with Crippen LogP contribution < -0.4 is 5.73 Å². The van der Waals surface area contributed by atoms with Crippen LogP contribution in [0.1, 0.15) is 96.8 Å². The molecule has 0 aromatic rings. The van der Waals surface area contributed by atoms with Crippen molar-refractivity contribution >= 4 is 13.8 Å². The topological polar surface area (TPSA) is 128 Å². The van der Waals surface area contributed by atoms with Crippen molar-refractivity contribution < 1.29 is 33.1 Å². The van der Waals surface area contributed by atoms with Gasteiger partial charge < -0.3 is 20.5 Å². The highest BCUT2D eigenvalue weighted by Gasteiger charge is 2.22. The zero-order chi connectivity index (χ0) is 29.6. The van der Waals surface area contributed by atoms with E-state index in [-0.39, 0.29) is 26.2 Å². The Morgan fingerprint density at radius 1 is 0.750 bits per heavy atom. The third-order valence-electron chi connectivity index (χ3n) is 5.65. The minimum Gasteiger partial charge on any atom is -0.463 e. The number of phosphoric acid groups is 1. The molecule has 0 aliphatic rings. The summed E-state index contributed by atoms with van der Waals surface area (Å²) in [5.41, 5.74) is 5.18. The first-order valence-corrected chi connectivity index (χ1v) is 16.3. The summed E-state index contributed by atoms with van der Waals surface area (Å²) in [7, 11) is -4.25. The Labute approximate surface area is 242 Å². The zero-order valence-corrected chi connectivity index (χ0v) is 25.4. The minimum absolute atomic E-state index is 0.0693. The molecule has 0 radical (unpaired) electrons. The SMILES string of the molecule is CC/C=C\C/C=C\C/C=C\C/C=C\C/C=C\CCCCCCCCCC(=O)OCC(O)COP(=O)(O)OCCN. The number of hydrogen-bond acceptors (Lipinski definition) is 7. The molecule has 0 amide bonds. The lowest BCUT2D eigenvalue weighted by Crippen LogP contribution is -2.23. The first kappa shape index (κ1) is 38.2. The van der Waals surface area contributed by atoms with Gasteiger partial charge in [-0.2, -0.15) is 0 Å². The van der Waals surface area contributed by atoms with E-state index in [1.807, 2.05) is 0 Å². The van der Waals surface area contributed by atoms with E-state index >= 15 is 0 Å². The predicted octanol–water partition coefficient (Wildman–Crippen LogP) is 7.25. The van der Waals surface area contributed by atoms with E-state index in [9.17, 15) is 19.4 Å². The fourth-order valence-corrected chi connectivity index (χ4v) is 4.25. The van der Waals surface area contributed by atoms with Crippen LogP contribution in [-0.4, -0.2) is 48.4 Å². The molecular formula is C31H54NO7P. The number of unbranched alkanes of at least 4 members (excludes halogenated alkanes) is 7. The van der Waals surface area contributed by atoms with Crippen LogP contribution in [0.15, 0.2) is 60.8 Å². The largest absolute Gasteiger partial charge is 0.472 e. The first-order valence-electron chi connectivity index (χ1n) is 14.8. The Balaban J connectivity index is 3.52. The molecule has 0 aliphatic carbocycles. The standard InChI is InChI=1S/C31H54NO7P/c1-2-3-4-5-6-7-8-9-10-11-12-13-14-15-16-17-18-19-20-21-22-23-24-25-31(34)37-28-30(33)29-39-40(35,36)38-27-26-32/h3-4,6-7,9-10,12-13,15-16,30,33H,2,5,8,11,14,17-29,32H2,1H3,(H,35,36)/b4-3-,7-6-,10-9-,13-12-,16-15-. The van der Waals surface area contributed by atoms with Crippen LogP contribution in [-0.2, 0) is 23.1 Å². The van der Waals surface area contributed by atoms with Crippen molar-refractivity contribution in [3.8, 4) is 0 Å². The third kappa shape index (κ3) is 29.2. The van der Waals surface area contributed by atoms with Crippen molar-refractivity contribution in [1.82, 2.24) is 0 Å². The van der Waals surface area contributed by atoms with Crippen molar-refractivity contribution in [3.05, 3.63) is 60.8 Å². The van der Waals surface area contributed by atoms with Gasteiger partial charge in [0.05, 0.1) is 13.2 Å². The van der Waals surface area contributed by atoms with E-state index in [1.165, 1.54) is 19.3 Å². The molecule has 0 aliphatic heterocycles. The molecule has 0 saturated carbocycles. The summed E-state index contributed by atoms with van der Waals surface area (Å²) in [6.07, 6.45) is 35.0. The Morgan fingerprint density at radius 2 is 1.25 bits per heavy atom. The molecule has 40 heavy (non-hydrogen) atoms. The van der Waals surface area contributed by atoms with E-state index in [0.29, 0.717) is 0 Å². The van der Waals surface area contributed by atoms with Gasteiger partial charge in [-0.05, 0) is 51.4 Å². The molecule has 2 unspecified atom stereocenters. The number of hydrogen-bond donors (Lipinski definition) is 3. The van der Waals surface area contributed by atoms with Gasteiger partial charge in [-0.15, -0.1) is 0 Å². The number of aliphatic hydroxyl groups is 1. The number of carbonyl (C=O) groups excluding carboxylic acids is 1. The number of ether oxygens (including phenoxy) is 1. The molecule has 0 fully saturated rings. The lowest BCUT2D eigenvalue weighted by atomic mass is 10.1. The Hall–Kier alpha value is -1.80. The first-order chi connectivity index (χ1) is 19.4. The highest BCUT2D eigenvalue weighted by Crippen LogP contribution is 2.42. The van der Waals surface area contributed by atoms with Gasteiger partial charge >= 0.3 is 13.8 Å². The number of rotatable bonds is 27. The molecule has 0 saturated heterocycles. The maximum Gasteiger partial charge on any atom is 0.472 e. The van der Waals surface area contributed by atoms with Gasteiger partial charge in [-0.3, -0.25) is 13.8 Å². The summed E-state index contributed by atoms with van der Waals surface area (Å²) in [5, 5.41) is 9.72. The second kappa shape index (κ2) is 28.7. The smallest absolute Gasteiger partial charge is 0.463 e. The minimum atomic E-state index is -4.25. The number of aliphatic hydroxyl groups excluding tert-OH is 1. The molecule has 0 aromatic carbocycles. The Kier molecular flexibility index (Phi) is 27.4. The normalized spacial score (nSPS) is 14.8. The van der Waals surface area contributed by atoms with E-state index in [4.69, 9.17) is 10.5 Å². The monoisotopic (exact) mass is 583 g/mol. The van der Waals surface area contributed by atoms with Crippen LogP contribution >= 0.6 is 7.82 Å². The number of allylic oxidation sites excluding steroid dienone is 10. The van der Waals surface area contributed by atoms with Crippen LogP contribution in [0.4, 0.5) is 0 Å². The summed E-state index contributed by atoms with van der Waals surface area (Å²) >= 11 is 0. The maximum absolute atomic E-state index is 11.8. The molecule has 2 atom stereocenters. The quantitative estimate of drug-likeness (QED) is 0.0399. The van der Waals surface area contributed by atoms with Gasteiger partial charge in [0.15, 0.2) is 0 Å². The van der Waals surface area contributed by atoms with Gasteiger partial charge in [0, 0.05) is 13.0 Å². The second-order valence-corrected chi connectivity index (χ2v) is 10.9. The molecule has 0 rings (SSSR count). The fraction of sp³-hybridized carbons (Fsp3) is 0.645. The van der Waals surface area contributed by atoms with E-state index in [1.54, 1.807) is 0 Å². The highest BCUT2D eigenvalue weighted by atomic mass is 31.2. The van der Waals surface area contributed by atoms with Crippen molar-refractivity contribution in [2.24, 2.45) is 5.73 Å². The molecule has 0 bridgehead atoms. The fourth-order valence-electron chi connectivity index (χ4n) is 3.48. The molecule has 0 aromatic heterocycles. The average Bonchev–Trinajstić information content (AvgIpc) is 2.94. The molecule has 230 valence electrons. The molecule has 8 nitrogen and oxygen atoms in total. The Bertz CT molecular complexity index is 793. The Morgan fingerprint density at radius 3 is 1.80 bits per heavy atom. The summed E-state index contributed by atoms with van der Waals surface area (Å²) in [6, 6.07) is 0. The van der Waals surface area contributed by atoms with E-state index in [2.05, 4.69) is 76.7 Å².